The first kappa shape index (κ1) is 16.4. The van der Waals surface area contributed by atoms with Crippen molar-refractivity contribution in [3.63, 3.8) is 0 Å². The number of hydrogen-bond donors (Lipinski definition) is 2. The van der Waals surface area contributed by atoms with E-state index in [-0.39, 0.29) is 23.1 Å². The number of benzene rings is 1. The summed E-state index contributed by atoms with van der Waals surface area (Å²) >= 11 is 5.99. The summed E-state index contributed by atoms with van der Waals surface area (Å²) < 4.78 is 37.7. The molecule has 0 spiro atoms. The molecule has 112 valence electrons. The SMILES string of the molecule is CCCN(CC(F)(F)F)c1ccc(C(N)=NO)cc1Cl. The monoisotopic (exact) mass is 309 g/mol. The van der Waals surface area contributed by atoms with E-state index in [9.17, 15) is 13.2 Å². The number of nitrogens with zero attached hydrogens (tertiary/aromatic N) is 2. The third kappa shape index (κ3) is 4.48. The van der Waals surface area contributed by atoms with Crippen molar-refractivity contribution < 1.29 is 18.4 Å². The van der Waals surface area contributed by atoms with Gasteiger partial charge in [0.05, 0.1) is 10.7 Å². The van der Waals surface area contributed by atoms with Crippen LogP contribution in [0.5, 0.6) is 0 Å². The largest absolute Gasteiger partial charge is 0.409 e. The second-order valence-corrected chi connectivity index (χ2v) is 4.60. The molecule has 0 saturated carbocycles. The van der Waals surface area contributed by atoms with Crippen LogP contribution in [0.3, 0.4) is 0 Å². The van der Waals surface area contributed by atoms with Gasteiger partial charge in [0.25, 0.3) is 0 Å². The van der Waals surface area contributed by atoms with Gasteiger partial charge >= 0.3 is 6.18 Å². The van der Waals surface area contributed by atoms with Crippen LogP contribution in [0.2, 0.25) is 5.02 Å². The molecule has 0 aliphatic carbocycles. The Morgan fingerprint density at radius 2 is 2.10 bits per heavy atom. The van der Waals surface area contributed by atoms with E-state index in [0.29, 0.717) is 12.0 Å². The molecule has 20 heavy (non-hydrogen) atoms. The smallest absolute Gasteiger partial charge is 0.405 e. The van der Waals surface area contributed by atoms with E-state index in [1.807, 2.05) is 0 Å². The minimum Gasteiger partial charge on any atom is -0.409 e. The summed E-state index contributed by atoms with van der Waals surface area (Å²) in [5, 5.41) is 11.5. The van der Waals surface area contributed by atoms with Gasteiger partial charge in [0, 0.05) is 12.1 Å². The van der Waals surface area contributed by atoms with Gasteiger partial charge in [-0.15, -0.1) is 0 Å². The molecule has 0 radical (unpaired) electrons. The predicted octanol–water partition coefficient (Wildman–Crippen LogP) is 3.21. The van der Waals surface area contributed by atoms with E-state index in [0.717, 1.165) is 4.90 Å². The number of amidine groups is 1. The highest BCUT2D eigenvalue weighted by molar-refractivity contribution is 6.33. The summed E-state index contributed by atoms with van der Waals surface area (Å²) in [6.07, 6.45) is -3.77. The van der Waals surface area contributed by atoms with E-state index in [1.165, 1.54) is 18.2 Å². The first-order valence-corrected chi connectivity index (χ1v) is 6.25. The zero-order chi connectivity index (χ0) is 15.3. The Kier molecular flexibility index (Phi) is 5.50. The molecule has 0 atom stereocenters. The molecule has 0 fully saturated rings. The van der Waals surface area contributed by atoms with Gasteiger partial charge in [-0.05, 0) is 24.6 Å². The fourth-order valence-electron chi connectivity index (χ4n) is 1.75. The van der Waals surface area contributed by atoms with E-state index in [4.69, 9.17) is 22.5 Å². The highest BCUT2D eigenvalue weighted by atomic mass is 35.5. The predicted molar refractivity (Wildman–Crippen MR) is 72.5 cm³/mol. The average molecular weight is 310 g/mol. The zero-order valence-electron chi connectivity index (χ0n) is 10.8. The molecule has 1 rings (SSSR count). The van der Waals surface area contributed by atoms with Gasteiger partial charge in [0.2, 0.25) is 0 Å². The van der Waals surface area contributed by atoms with Crippen molar-refractivity contribution in [2.45, 2.75) is 19.5 Å². The quantitative estimate of drug-likeness (QED) is 0.380. The maximum absolute atomic E-state index is 12.6. The van der Waals surface area contributed by atoms with E-state index in [2.05, 4.69) is 5.16 Å². The van der Waals surface area contributed by atoms with Crippen LogP contribution in [0.4, 0.5) is 18.9 Å². The Balaban J connectivity index is 3.09. The number of nitrogens with two attached hydrogens (primary N) is 1. The van der Waals surface area contributed by atoms with Crippen molar-refractivity contribution in [3.05, 3.63) is 28.8 Å². The van der Waals surface area contributed by atoms with E-state index >= 15 is 0 Å². The molecule has 0 amide bonds. The third-order valence-corrected chi connectivity index (χ3v) is 2.86. The molecule has 0 unspecified atom stereocenters. The maximum atomic E-state index is 12.6. The second kappa shape index (κ2) is 6.69. The second-order valence-electron chi connectivity index (χ2n) is 4.19. The standard InChI is InChI=1S/C12H15ClF3N3O/c1-2-5-19(7-12(14,15)16)10-4-3-8(6-9(10)13)11(17)18-20/h3-4,6,20H,2,5,7H2,1H3,(H2,17,18). The lowest BCUT2D eigenvalue weighted by Gasteiger charge is -2.26. The van der Waals surface area contributed by atoms with Gasteiger partial charge in [-0.25, -0.2) is 0 Å². The van der Waals surface area contributed by atoms with Crippen molar-refractivity contribution in [2.24, 2.45) is 10.9 Å². The number of hydrogen-bond acceptors (Lipinski definition) is 3. The maximum Gasteiger partial charge on any atom is 0.405 e. The lowest BCUT2D eigenvalue weighted by molar-refractivity contribution is -0.119. The van der Waals surface area contributed by atoms with Gasteiger partial charge < -0.3 is 15.8 Å². The lowest BCUT2D eigenvalue weighted by Crippen LogP contribution is -2.35. The molecule has 0 aromatic heterocycles. The molecule has 3 N–H and O–H groups in total. The molecule has 0 aliphatic rings. The first-order valence-electron chi connectivity index (χ1n) is 5.87. The molecule has 0 saturated heterocycles. The summed E-state index contributed by atoms with van der Waals surface area (Å²) in [5.74, 6) is -0.156. The summed E-state index contributed by atoms with van der Waals surface area (Å²) in [7, 11) is 0. The minimum absolute atomic E-state index is 0.117. The molecule has 0 heterocycles. The Hall–Kier alpha value is -1.63. The van der Waals surface area contributed by atoms with Crippen molar-refractivity contribution in [3.8, 4) is 0 Å². The van der Waals surface area contributed by atoms with Crippen molar-refractivity contribution in [1.29, 1.82) is 0 Å². The van der Waals surface area contributed by atoms with Gasteiger partial charge in [0.15, 0.2) is 5.84 Å². The van der Waals surface area contributed by atoms with Crippen molar-refractivity contribution in [1.82, 2.24) is 0 Å². The topological polar surface area (TPSA) is 61.8 Å². The van der Waals surface area contributed by atoms with E-state index in [1.54, 1.807) is 6.92 Å². The highest BCUT2D eigenvalue weighted by Gasteiger charge is 2.31. The van der Waals surface area contributed by atoms with Gasteiger partial charge in [-0.1, -0.05) is 23.7 Å². The fraction of sp³-hybridized carbons (Fsp3) is 0.417. The van der Waals surface area contributed by atoms with Gasteiger partial charge in [-0.2, -0.15) is 13.2 Å². The lowest BCUT2D eigenvalue weighted by atomic mass is 10.1. The van der Waals surface area contributed by atoms with Crippen LogP contribution < -0.4 is 10.6 Å². The van der Waals surface area contributed by atoms with Crippen LogP contribution in [0.1, 0.15) is 18.9 Å². The molecule has 1 aromatic rings. The van der Waals surface area contributed by atoms with Gasteiger partial charge in [-0.3, -0.25) is 0 Å². The molecule has 1 aromatic carbocycles. The van der Waals surface area contributed by atoms with Crippen LogP contribution in [0, 0.1) is 0 Å². The Labute approximate surface area is 119 Å². The van der Waals surface area contributed by atoms with Crippen LogP contribution in [0.25, 0.3) is 0 Å². The third-order valence-electron chi connectivity index (χ3n) is 2.56. The summed E-state index contributed by atoms with van der Waals surface area (Å²) in [5.41, 5.74) is 6.00. The molecule has 4 nitrogen and oxygen atoms in total. The fourth-order valence-corrected chi connectivity index (χ4v) is 2.05. The number of anilines is 1. The molecular weight excluding hydrogens is 295 g/mol. The highest BCUT2D eigenvalue weighted by Crippen LogP contribution is 2.29. The van der Waals surface area contributed by atoms with Crippen molar-refractivity contribution >= 4 is 23.1 Å². The zero-order valence-corrected chi connectivity index (χ0v) is 11.5. The number of halogens is 4. The van der Waals surface area contributed by atoms with Gasteiger partial charge in [0.1, 0.15) is 6.54 Å². The van der Waals surface area contributed by atoms with E-state index < -0.39 is 12.7 Å². The normalized spacial score (nSPS) is 12.6. The first-order chi connectivity index (χ1) is 9.28. The Morgan fingerprint density at radius 3 is 2.55 bits per heavy atom. The molecular formula is C12H15ClF3N3O. The summed E-state index contributed by atoms with van der Waals surface area (Å²) in [4.78, 5) is 1.15. The molecule has 0 bridgehead atoms. The summed E-state index contributed by atoms with van der Waals surface area (Å²) in [6, 6.07) is 4.25. The number of rotatable bonds is 5. The molecule has 0 aliphatic heterocycles. The number of oxime groups is 1. The van der Waals surface area contributed by atoms with Crippen LogP contribution in [0.15, 0.2) is 23.4 Å². The van der Waals surface area contributed by atoms with Crippen LogP contribution in [-0.2, 0) is 0 Å². The average Bonchev–Trinajstić information content (AvgIpc) is 2.35. The molecule has 8 heteroatoms. The van der Waals surface area contributed by atoms with Crippen LogP contribution >= 0.6 is 11.6 Å². The Bertz CT molecular complexity index is 491. The summed E-state index contributed by atoms with van der Waals surface area (Å²) in [6.45, 7) is 0.924. The minimum atomic E-state index is -4.32. The van der Waals surface area contributed by atoms with Crippen LogP contribution in [-0.4, -0.2) is 30.3 Å². The Morgan fingerprint density at radius 1 is 1.45 bits per heavy atom. The number of alkyl halides is 3. The van der Waals surface area contributed by atoms with Crippen molar-refractivity contribution in [2.75, 3.05) is 18.0 Å².